The van der Waals surface area contributed by atoms with Gasteiger partial charge in [-0.25, -0.2) is 0 Å². The average molecular weight is 319 g/mol. The topological polar surface area (TPSA) is 45.1 Å². The van der Waals surface area contributed by atoms with Crippen LogP contribution in [0.2, 0.25) is 0 Å². The highest BCUT2D eigenvalue weighted by Gasteiger charge is 2.10. The van der Waals surface area contributed by atoms with Crippen LogP contribution in [-0.4, -0.2) is 36.0 Å². The molecule has 3 rings (SSSR count). The number of ether oxygens (including phenoxy) is 1. The van der Waals surface area contributed by atoms with Crippen molar-refractivity contribution in [3.8, 4) is 17.2 Å². The highest BCUT2D eigenvalue weighted by atomic mass is 35.5. The molecule has 0 saturated carbocycles. The van der Waals surface area contributed by atoms with E-state index in [1.807, 2.05) is 30.6 Å². The fourth-order valence-electron chi connectivity index (χ4n) is 2.32. The van der Waals surface area contributed by atoms with Gasteiger partial charge in [0.25, 0.3) is 0 Å². The first-order valence-electron chi connectivity index (χ1n) is 7.11. The zero-order chi connectivity index (χ0) is 14.5. The normalized spacial score (nSPS) is 13.0. The molecule has 116 valence electrons. The molecule has 0 fully saturated rings. The van der Waals surface area contributed by atoms with Crippen molar-refractivity contribution < 1.29 is 9.84 Å². The van der Waals surface area contributed by atoms with E-state index in [0.29, 0.717) is 5.75 Å². The third-order valence-corrected chi connectivity index (χ3v) is 3.49. The van der Waals surface area contributed by atoms with Crippen molar-refractivity contribution in [3.05, 3.63) is 54.1 Å². The molecule has 0 aliphatic carbocycles. The van der Waals surface area contributed by atoms with Gasteiger partial charge in [-0.1, -0.05) is 30.3 Å². The number of phenols is 1. The van der Waals surface area contributed by atoms with Crippen LogP contribution in [0.3, 0.4) is 0 Å². The monoisotopic (exact) mass is 318 g/mol. The lowest BCUT2D eigenvalue weighted by atomic mass is 10.1. The van der Waals surface area contributed by atoms with Gasteiger partial charge in [-0.2, -0.15) is 0 Å². The van der Waals surface area contributed by atoms with Crippen LogP contribution in [0.4, 0.5) is 0 Å². The standard InChI is InChI=1S/C17H18N2O2.ClH/c20-15-6-2-4-8-17(15)21-16-7-3-1-5-14(16)9-11-19-12-10-18-13-19;/h1-8,13,20H,9-12H2;1H. The predicted molar refractivity (Wildman–Crippen MR) is 90.5 cm³/mol. The number of nitrogens with zero attached hydrogens (tertiary/aromatic N) is 2. The molecule has 2 aromatic rings. The maximum atomic E-state index is 9.81. The SMILES string of the molecule is Cl.Oc1ccccc1Oc1ccccc1CCN1C=NCC1. The Kier molecular flexibility index (Phi) is 5.67. The number of benzene rings is 2. The summed E-state index contributed by atoms with van der Waals surface area (Å²) >= 11 is 0. The lowest BCUT2D eigenvalue weighted by Crippen LogP contribution is -2.22. The minimum atomic E-state index is 0. The van der Waals surface area contributed by atoms with Gasteiger partial charge in [-0.15, -0.1) is 12.4 Å². The third kappa shape index (κ3) is 3.92. The highest BCUT2D eigenvalue weighted by Crippen LogP contribution is 2.32. The maximum absolute atomic E-state index is 9.81. The number of aliphatic imine (C=N–C) groups is 1. The summed E-state index contributed by atoms with van der Waals surface area (Å²) in [4.78, 5) is 6.42. The van der Waals surface area contributed by atoms with Crippen molar-refractivity contribution in [1.29, 1.82) is 0 Å². The molecule has 1 heterocycles. The van der Waals surface area contributed by atoms with Crippen molar-refractivity contribution >= 4 is 18.7 Å². The van der Waals surface area contributed by atoms with Gasteiger partial charge in [0.05, 0.1) is 12.9 Å². The Balaban J connectivity index is 0.00000176. The second kappa shape index (κ2) is 7.71. The lowest BCUT2D eigenvalue weighted by molar-refractivity contribution is 0.406. The Morgan fingerprint density at radius 2 is 1.77 bits per heavy atom. The van der Waals surface area contributed by atoms with Gasteiger partial charge in [0.15, 0.2) is 11.5 Å². The minimum absolute atomic E-state index is 0. The van der Waals surface area contributed by atoms with Crippen LogP contribution < -0.4 is 4.74 Å². The Morgan fingerprint density at radius 1 is 1.05 bits per heavy atom. The average Bonchev–Trinajstić information content (AvgIpc) is 3.02. The van der Waals surface area contributed by atoms with Crippen LogP contribution in [0.1, 0.15) is 5.56 Å². The van der Waals surface area contributed by atoms with E-state index in [-0.39, 0.29) is 18.2 Å². The number of halogens is 1. The summed E-state index contributed by atoms with van der Waals surface area (Å²) in [5.74, 6) is 1.42. The molecule has 0 atom stereocenters. The van der Waals surface area contributed by atoms with Crippen LogP contribution in [-0.2, 0) is 6.42 Å². The van der Waals surface area contributed by atoms with Crippen molar-refractivity contribution in [2.24, 2.45) is 4.99 Å². The zero-order valence-corrected chi connectivity index (χ0v) is 13.0. The first-order valence-corrected chi connectivity index (χ1v) is 7.11. The van der Waals surface area contributed by atoms with E-state index in [0.717, 1.165) is 37.4 Å². The second-order valence-corrected chi connectivity index (χ2v) is 4.99. The Hall–Kier alpha value is -2.20. The molecule has 1 aliphatic rings. The van der Waals surface area contributed by atoms with Gasteiger partial charge in [0.1, 0.15) is 5.75 Å². The number of rotatable bonds is 5. The maximum Gasteiger partial charge on any atom is 0.169 e. The number of hydrogen-bond donors (Lipinski definition) is 1. The number of hydrogen-bond acceptors (Lipinski definition) is 4. The van der Waals surface area contributed by atoms with Crippen LogP contribution >= 0.6 is 12.4 Å². The van der Waals surface area contributed by atoms with Crippen LogP contribution in [0.25, 0.3) is 0 Å². The van der Waals surface area contributed by atoms with Crippen molar-refractivity contribution in [2.45, 2.75) is 6.42 Å². The molecule has 0 spiro atoms. The number of aromatic hydroxyl groups is 1. The van der Waals surface area contributed by atoms with Crippen LogP contribution in [0.5, 0.6) is 17.2 Å². The highest BCUT2D eigenvalue weighted by molar-refractivity contribution is 5.85. The summed E-state index contributed by atoms with van der Waals surface area (Å²) in [6, 6.07) is 14.9. The molecule has 0 saturated heterocycles. The molecule has 0 amide bonds. The van der Waals surface area contributed by atoms with Crippen molar-refractivity contribution in [2.75, 3.05) is 19.6 Å². The smallest absolute Gasteiger partial charge is 0.169 e. The van der Waals surface area contributed by atoms with Crippen molar-refractivity contribution in [3.63, 3.8) is 0 Å². The van der Waals surface area contributed by atoms with Gasteiger partial charge in [-0.3, -0.25) is 4.99 Å². The number of para-hydroxylation sites is 3. The second-order valence-electron chi connectivity index (χ2n) is 4.99. The first kappa shape index (κ1) is 16.2. The number of phenolic OH excluding ortho intramolecular Hbond substituents is 1. The summed E-state index contributed by atoms with van der Waals surface area (Å²) < 4.78 is 5.85. The first-order chi connectivity index (χ1) is 10.3. The molecule has 0 aromatic heterocycles. The van der Waals surface area contributed by atoms with Crippen LogP contribution in [0.15, 0.2) is 53.5 Å². The fraction of sp³-hybridized carbons (Fsp3) is 0.235. The molecule has 0 radical (unpaired) electrons. The van der Waals surface area contributed by atoms with E-state index in [9.17, 15) is 5.11 Å². The molecule has 1 N–H and O–H groups in total. The van der Waals surface area contributed by atoms with Gasteiger partial charge < -0.3 is 14.7 Å². The fourth-order valence-corrected chi connectivity index (χ4v) is 2.32. The van der Waals surface area contributed by atoms with E-state index >= 15 is 0 Å². The van der Waals surface area contributed by atoms with Gasteiger partial charge in [0.2, 0.25) is 0 Å². The predicted octanol–water partition coefficient (Wildman–Crippen LogP) is 3.49. The van der Waals surface area contributed by atoms with Crippen LogP contribution in [0, 0.1) is 0 Å². The molecule has 4 nitrogen and oxygen atoms in total. The molecule has 0 unspecified atom stereocenters. The molecular weight excluding hydrogens is 300 g/mol. The quantitative estimate of drug-likeness (QED) is 0.917. The summed E-state index contributed by atoms with van der Waals surface area (Å²) in [5.41, 5.74) is 1.13. The Labute approximate surface area is 136 Å². The molecule has 5 heteroatoms. The van der Waals surface area contributed by atoms with Gasteiger partial charge in [-0.05, 0) is 30.2 Å². The lowest BCUT2D eigenvalue weighted by Gasteiger charge is -2.16. The summed E-state index contributed by atoms with van der Waals surface area (Å²) in [7, 11) is 0. The summed E-state index contributed by atoms with van der Waals surface area (Å²) in [5, 5.41) is 9.81. The van der Waals surface area contributed by atoms with E-state index in [1.54, 1.807) is 18.2 Å². The van der Waals surface area contributed by atoms with E-state index in [2.05, 4.69) is 16.0 Å². The molecule has 0 bridgehead atoms. The molecular formula is C17H19ClN2O2. The Morgan fingerprint density at radius 3 is 2.50 bits per heavy atom. The third-order valence-electron chi connectivity index (χ3n) is 3.49. The minimum Gasteiger partial charge on any atom is -0.504 e. The van der Waals surface area contributed by atoms with E-state index in [1.165, 1.54) is 0 Å². The molecule has 1 aliphatic heterocycles. The van der Waals surface area contributed by atoms with E-state index < -0.39 is 0 Å². The van der Waals surface area contributed by atoms with E-state index in [4.69, 9.17) is 4.74 Å². The Bertz CT molecular complexity index is 646. The molecule has 22 heavy (non-hydrogen) atoms. The van der Waals surface area contributed by atoms with Gasteiger partial charge in [0, 0.05) is 13.1 Å². The summed E-state index contributed by atoms with van der Waals surface area (Å²) in [6.45, 7) is 2.79. The molecule has 2 aromatic carbocycles. The largest absolute Gasteiger partial charge is 0.504 e. The van der Waals surface area contributed by atoms with Gasteiger partial charge >= 0.3 is 0 Å². The zero-order valence-electron chi connectivity index (χ0n) is 12.2. The van der Waals surface area contributed by atoms with Crippen molar-refractivity contribution in [1.82, 2.24) is 4.90 Å². The summed E-state index contributed by atoms with van der Waals surface area (Å²) in [6.07, 6.45) is 2.79.